The Bertz CT molecular complexity index is 1370. The van der Waals surface area contributed by atoms with E-state index < -0.39 is 9.84 Å². The highest BCUT2D eigenvalue weighted by Crippen LogP contribution is 2.28. The first-order chi connectivity index (χ1) is 15.3. The highest BCUT2D eigenvalue weighted by atomic mass is 32.2. The average Bonchev–Trinajstić information content (AvgIpc) is 3.12. The van der Waals surface area contributed by atoms with Crippen LogP contribution in [0.25, 0.3) is 10.9 Å². The Morgan fingerprint density at radius 2 is 1.62 bits per heavy atom. The lowest BCUT2D eigenvalue weighted by Gasteiger charge is -2.08. The van der Waals surface area contributed by atoms with Crippen LogP contribution in [-0.4, -0.2) is 18.9 Å². The van der Waals surface area contributed by atoms with Gasteiger partial charge in [0.1, 0.15) is 6.54 Å². The summed E-state index contributed by atoms with van der Waals surface area (Å²) in [7, 11) is -3.58. The van der Waals surface area contributed by atoms with Crippen molar-refractivity contribution in [2.75, 3.05) is 0 Å². The minimum Gasteiger partial charge on any atom is -0.350 e. The van der Waals surface area contributed by atoms with E-state index in [0.717, 1.165) is 22.2 Å². The molecule has 4 rings (SSSR count). The maximum Gasteiger partial charge on any atom is 0.240 e. The summed E-state index contributed by atoms with van der Waals surface area (Å²) >= 11 is 0. The molecule has 1 amide bonds. The second-order valence-corrected chi connectivity index (χ2v) is 10.1. The largest absolute Gasteiger partial charge is 0.350 e. The van der Waals surface area contributed by atoms with Crippen LogP contribution >= 0.6 is 0 Å². The Labute approximate surface area is 188 Å². The Kier molecular flexibility index (Phi) is 6.15. The van der Waals surface area contributed by atoms with Crippen LogP contribution < -0.4 is 5.32 Å². The van der Waals surface area contributed by atoms with Gasteiger partial charge in [-0.1, -0.05) is 77.9 Å². The van der Waals surface area contributed by atoms with Crippen molar-refractivity contribution >= 4 is 26.6 Å². The number of nitrogens with zero attached hydrogens (tertiary/aromatic N) is 1. The molecule has 32 heavy (non-hydrogen) atoms. The Hall–Kier alpha value is -3.38. The van der Waals surface area contributed by atoms with Crippen molar-refractivity contribution in [2.24, 2.45) is 0 Å². The summed E-state index contributed by atoms with van der Waals surface area (Å²) in [5.74, 6) is -0.253. The third-order valence-electron chi connectivity index (χ3n) is 5.45. The number of carbonyl (C=O) groups is 1. The number of carbonyl (C=O) groups excluding carboxylic acids is 1. The molecule has 1 N–H and O–H groups in total. The molecule has 1 heterocycles. The number of amides is 1. The number of hydrogen-bond donors (Lipinski definition) is 1. The van der Waals surface area contributed by atoms with E-state index in [1.807, 2.05) is 80.6 Å². The first-order valence-corrected chi connectivity index (χ1v) is 12.2. The smallest absolute Gasteiger partial charge is 0.240 e. The lowest BCUT2D eigenvalue weighted by atomic mass is 10.1. The topological polar surface area (TPSA) is 68.2 Å². The van der Waals surface area contributed by atoms with Crippen molar-refractivity contribution in [1.29, 1.82) is 0 Å². The van der Waals surface area contributed by atoms with E-state index in [-0.39, 0.29) is 23.1 Å². The third-order valence-corrected chi connectivity index (χ3v) is 7.16. The number of aryl methyl sites for hydroxylation is 2. The fourth-order valence-corrected chi connectivity index (χ4v) is 5.38. The molecular formula is C26H26N2O3S. The normalized spacial score (nSPS) is 11.6. The van der Waals surface area contributed by atoms with Crippen molar-refractivity contribution in [1.82, 2.24) is 9.88 Å². The number of aromatic nitrogens is 1. The molecule has 0 aliphatic rings. The Balaban J connectivity index is 1.57. The molecule has 0 atom stereocenters. The van der Waals surface area contributed by atoms with E-state index in [4.69, 9.17) is 0 Å². The molecule has 0 spiro atoms. The molecule has 5 nitrogen and oxygen atoms in total. The molecule has 0 unspecified atom stereocenters. The molecule has 0 fully saturated rings. The first-order valence-electron chi connectivity index (χ1n) is 10.5. The van der Waals surface area contributed by atoms with E-state index >= 15 is 0 Å². The van der Waals surface area contributed by atoms with E-state index in [9.17, 15) is 13.2 Å². The van der Waals surface area contributed by atoms with Gasteiger partial charge in [0.05, 0.1) is 10.6 Å². The van der Waals surface area contributed by atoms with Crippen LogP contribution in [0.3, 0.4) is 0 Å². The summed E-state index contributed by atoms with van der Waals surface area (Å²) in [5.41, 5.74) is 4.67. The molecule has 0 saturated carbocycles. The number of benzene rings is 3. The first kappa shape index (κ1) is 21.8. The number of fused-ring (bicyclic) bond motifs is 1. The SMILES string of the molecule is Cc1ccc(CNC(=O)Cn2cc(S(=O)(=O)Cc3cccc(C)c3)c3ccccc32)cc1. The predicted octanol–water partition coefficient (Wildman–Crippen LogP) is 4.55. The Morgan fingerprint density at radius 1 is 0.875 bits per heavy atom. The van der Waals surface area contributed by atoms with Crippen molar-refractivity contribution in [3.05, 3.63) is 101 Å². The lowest BCUT2D eigenvalue weighted by molar-refractivity contribution is -0.121. The van der Waals surface area contributed by atoms with Gasteiger partial charge in [0.15, 0.2) is 9.84 Å². The van der Waals surface area contributed by atoms with Gasteiger partial charge in [-0.3, -0.25) is 4.79 Å². The zero-order valence-corrected chi connectivity index (χ0v) is 19.0. The lowest BCUT2D eigenvalue weighted by Crippen LogP contribution is -2.26. The summed E-state index contributed by atoms with van der Waals surface area (Å²) in [6.07, 6.45) is 1.58. The van der Waals surface area contributed by atoms with Gasteiger partial charge < -0.3 is 9.88 Å². The molecule has 3 aromatic carbocycles. The average molecular weight is 447 g/mol. The molecule has 0 aliphatic heterocycles. The summed E-state index contributed by atoms with van der Waals surface area (Å²) in [6.45, 7) is 4.44. The summed E-state index contributed by atoms with van der Waals surface area (Å²) < 4.78 is 28.2. The van der Waals surface area contributed by atoms with Gasteiger partial charge in [-0.2, -0.15) is 0 Å². The van der Waals surface area contributed by atoms with Crippen LogP contribution in [-0.2, 0) is 33.5 Å². The summed E-state index contributed by atoms with van der Waals surface area (Å²) in [6, 6.07) is 22.8. The van der Waals surface area contributed by atoms with E-state index in [1.54, 1.807) is 16.8 Å². The fourth-order valence-electron chi connectivity index (χ4n) is 3.81. The van der Waals surface area contributed by atoms with Crippen LogP contribution in [0.15, 0.2) is 83.9 Å². The molecular weight excluding hydrogens is 420 g/mol. The van der Waals surface area contributed by atoms with Crippen molar-refractivity contribution in [3.63, 3.8) is 0 Å². The number of hydrogen-bond acceptors (Lipinski definition) is 3. The number of nitrogens with one attached hydrogen (secondary N) is 1. The molecule has 0 saturated heterocycles. The van der Waals surface area contributed by atoms with Gasteiger partial charge in [-0.05, 0) is 31.0 Å². The standard InChI is InChI=1S/C26H26N2O3S/c1-19-10-12-21(13-11-19)15-27-26(29)17-28-16-25(23-8-3-4-9-24(23)28)32(30,31)18-22-7-5-6-20(2)14-22/h3-14,16H,15,17-18H2,1-2H3,(H,27,29). The van der Waals surface area contributed by atoms with E-state index in [1.165, 1.54) is 5.56 Å². The van der Waals surface area contributed by atoms with Crippen molar-refractivity contribution in [2.45, 2.75) is 37.6 Å². The van der Waals surface area contributed by atoms with Crippen LogP contribution in [0.1, 0.15) is 22.3 Å². The molecule has 0 radical (unpaired) electrons. The minimum absolute atomic E-state index is 0.0480. The van der Waals surface area contributed by atoms with Crippen LogP contribution in [0.4, 0.5) is 0 Å². The number of rotatable bonds is 7. The zero-order chi connectivity index (χ0) is 22.7. The maximum absolute atomic E-state index is 13.3. The highest BCUT2D eigenvalue weighted by molar-refractivity contribution is 7.90. The third kappa shape index (κ3) is 4.92. The monoisotopic (exact) mass is 446 g/mol. The fraction of sp³-hybridized carbons (Fsp3) is 0.192. The van der Waals surface area contributed by atoms with Crippen LogP contribution in [0.5, 0.6) is 0 Å². The van der Waals surface area contributed by atoms with Gasteiger partial charge in [0.2, 0.25) is 5.91 Å². The van der Waals surface area contributed by atoms with Crippen LogP contribution in [0.2, 0.25) is 0 Å². The van der Waals surface area contributed by atoms with Gasteiger partial charge in [-0.15, -0.1) is 0 Å². The van der Waals surface area contributed by atoms with Crippen LogP contribution in [0, 0.1) is 13.8 Å². The highest BCUT2D eigenvalue weighted by Gasteiger charge is 2.22. The van der Waals surface area contributed by atoms with Gasteiger partial charge >= 0.3 is 0 Å². The molecule has 6 heteroatoms. The second-order valence-electron chi connectivity index (χ2n) is 8.15. The molecule has 164 valence electrons. The van der Waals surface area contributed by atoms with E-state index in [2.05, 4.69) is 5.32 Å². The Morgan fingerprint density at radius 3 is 2.38 bits per heavy atom. The van der Waals surface area contributed by atoms with Gasteiger partial charge in [0.25, 0.3) is 0 Å². The van der Waals surface area contributed by atoms with Crippen molar-refractivity contribution in [3.8, 4) is 0 Å². The molecule has 0 aliphatic carbocycles. The van der Waals surface area contributed by atoms with E-state index in [0.29, 0.717) is 11.9 Å². The van der Waals surface area contributed by atoms with Gasteiger partial charge in [-0.25, -0.2) is 8.42 Å². The predicted molar refractivity (Wildman–Crippen MR) is 127 cm³/mol. The summed E-state index contributed by atoms with van der Waals surface area (Å²) in [4.78, 5) is 12.9. The second kappa shape index (κ2) is 9.01. The quantitative estimate of drug-likeness (QED) is 0.453. The minimum atomic E-state index is -3.58. The maximum atomic E-state index is 13.3. The molecule has 1 aromatic heterocycles. The summed E-state index contributed by atoms with van der Waals surface area (Å²) in [5, 5.41) is 3.55. The number of para-hydroxylation sites is 1. The zero-order valence-electron chi connectivity index (χ0n) is 18.2. The van der Waals surface area contributed by atoms with Crippen molar-refractivity contribution < 1.29 is 13.2 Å². The number of sulfone groups is 1. The molecule has 4 aromatic rings. The molecule has 0 bridgehead atoms. The van der Waals surface area contributed by atoms with Gasteiger partial charge in [0, 0.05) is 23.6 Å².